The van der Waals surface area contributed by atoms with Crippen molar-refractivity contribution in [1.29, 1.82) is 0 Å². The van der Waals surface area contributed by atoms with Crippen LogP contribution in [-0.2, 0) is 4.79 Å². The maximum absolute atomic E-state index is 9.17. The molecule has 0 heterocycles. The Hall–Kier alpha value is -0.370. The van der Waals surface area contributed by atoms with Crippen LogP contribution in [0.2, 0.25) is 0 Å². The summed E-state index contributed by atoms with van der Waals surface area (Å²) in [4.78, 5) is 9.17. The van der Waals surface area contributed by atoms with Crippen molar-refractivity contribution in [3.8, 4) is 0 Å². The van der Waals surface area contributed by atoms with E-state index in [1.807, 2.05) is 6.92 Å². The molecule has 24 heavy (non-hydrogen) atoms. The van der Waals surface area contributed by atoms with Gasteiger partial charge in [0.05, 0.1) is 27.7 Å². The maximum Gasteiger partial charge on any atom is 0.119 e. The van der Waals surface area contributed by atoms with Gasteiger partial charge in [0.15, 0.2) is 0 Å². The largest absolute Gasteiger partial charge is 0.331 e. The lowest BCUT2D eigenvalue weighted by Crippen LogP contribution is -2.35. The summed E-state index contributed by atoms with van der Waals surface area (Å²) < 4.78 is 1.12. The van der Waals surface area contributed by atoms with Gasteiger partial charge in [-0.15, -0.1) is 0 Å². The van der Waals surface area contributed by atoms with Crippen molar-refractivity contribution in [2.75, 3.05) is 27.7 Å². The molecule has 2 heteroatoms. The summed E-state index contributed by atoms with van der Waals surface area (Å²) in [7, 11) is 6.88. The molecular formula is C22H48NO+. The smallest absolute Gasteiger partial charge is 0.119 e. The molecule has 0 spiro atoms. The number of aldehydes is 1. The van der Waals surface area contributed by atoms with Crippen molar-refractivity contribution in [3.63, 3.8) is 0 Å². The van der Waals surface area contributed by atoms with Gasteiger partial charge in [-0.2, -0.15) is 0 Å². The summed E-state index contributed by atoms with van der Waals surface area (Å²) in [5.74, 6) is 0. The van der Waals surface area contributed by atoms with Crippen LogP contribution in [0.25, 0.3) is 0 Å². The topological polar surface area (TPSA) is 17.1 Å². The second-order valence-corrected chi connectivity index (χ2v) is 8.19. The normalized spacial score (nSPS) is 11.0. The van der Waals surface area contributed by atoms with Gasteiger partial charge in [0, 0.05) is 6.42 Å². The van der Waals surface area contributed by atoms with E-state index in [-0.39, 0.29) is 0 Å². The molecule has 0 N–H and O–H groups in total. The third-order valence-electron chi connectivity index (χ3n) is 4.35. The second kappa shape index (κ2) is 20.7. The van der Waals surface area contributed by atoms with Gasteiger partial charge in [0.1, 0.15) is 6.29 Å². The number of carbonyl (C=O) groups excluding carboxylic acids is 1. The van der Waals surface area contributed by atoms with Gasteiger partial charge in [-0.1, -0.05) is 90.9 Å². The molecule has 0 aliphatic rings. The summed E-state index contributed by atoms with van der Waals surface area (Å²) in [6.07, 6.45) is 21.9. The Bertz CT molecular complexity index is 233. The van der Waals surface area contributed by atoms with Crippen LogP contribution < -0.4 is 0 Å². The van der Waals surface area contributed by atoms with Crippen molar-refractivity contribution >= 4 is 6.29 Å². The van der Waals surface area contributed by atoms with E-state index < -0.39 is 0 Å². The highest BCUT2D eigenvalue weighted by atomic mass is 16.1. The molecule has 0 aromatic rings. The summed E-state index contributed by atoms with van der Waals surface area (Å²) in [6, 6.07) is 0. The molecule has 0 saturated heterocycles. The van der Waals surface area contributed by atoms with E-state index in [2.05, 4.69) is 28.1 Å². The zero-order valence-electron chi connectivity index (χ0n) is 17.7. The average Bonchev–Trinajstić information content (AvgIpc) is 2.54. The minimum atomic E-state index is 0.639. The first-order valence-corrected chi connectivity index (χ1v) is 10.7. The van der Waals surface area contributed by atoms with Crippen LogP contribution in [0.1, 0.15) is 110 Å². The SMILES string of the molecule is CCC=O.CCCCCCCCCCCCCCCC[N+](C)(C)C. The van der Waals surface area contributed by atoms with Crippen molar-refractivity contribution < 1.29 is 9.28 Å². The van der Waals surface area contributed by atoms with Crippen LogP contribution in [0.3, 0.4) is 0 Å². The van der Waals surface area contributed by atoms with E-state index in [4.69, 9.17) is 0 Å². The molecule has 2 nitrogen and oxygen atoms in total. The third kappa shape index (κ3) is 29.6. The Morgan fingerprint density at radius 1 is 0.583 bits per heavy atom. The first kappa shape index (κ1) is 25.9. The Morgan fingerprint density at radius 2 is 0.875 bits per heavy atom. The van der Waals surface area contributed by atoms with E-state index in [0.717, 1.165) is 10.8 Å². The molecule has 0 saturated carbocycles. The zero-order valence-corrected chi connectivity index (χ0v) is 17.7. The van der Waals surface area contributed by atoms with Crippen LogP contribution in [0, 0.1) is 0 Å². The fourth-order valence-electron chi connectivity index (χ4n) is 2.78. The standard InChI is InChI=1S/C19H42N.C3H6O/c1-5-6-7-8-9-10-11-12-13-14-15-16-17-18-19-20(2,3)4;1-2-3-4/h5-19H2,1-4H3;3H,2H2,1H3/q+1;. The van der Waals surface area contributed by atoms with Crippen molar-refractivity contribution in [2.24, 2.45) is 0 Å². The highest BCUT2D eigenvalue weighted by Crippen LogP contribution is 2.13. The quantitative estimate of drug-likeness (QED) is 0.172. The van der Waals surface area contributed by atoms with Crippen molar-refractivity contribution in [1.82, 2.24) is 0 Å². The highest BCUT2D eigenvalue weighted by molar-refractivity contribution is 5.48. The lowest BCUT2D eigenvalue weighted by atomic mass is 10.0. The summed E-state index contributed by atoms with van der Waals surface area (Å²) in [5, 5.41) is 0. The van der Waals surface area contributed by atoms with Gasteiger partial charge >= 0.3 is 0 Å². The third-order valence-corrected chi connectivity index (χ3v) is 4.35. The lowest BCUT2D eigenvalue weighted by molar-refractivity contribution is -0.870. The second-order valence-electron chi connectivity index (χ2n) is 8.19. The molecule has 146 valence electrons. The Kier molecular flexibility index (Phi) is 22.3. The predicted molar refractivity (Wildman–Crippen MR) is 110 cm³/mol. The molecule has 0 aromatic carbocycles. The fraction of sp³-hybridized carbons (Fsp3) is 0.955. The van der Waals surface area contributed by atoms with Crippen LogP contribution in [0.4, 0.5) is 0 Å². The number of hydrogen-bond acceptors (Lipinski definition) is 1. The van der Waals surface area contributed by atoms with Gasteiger partial charge in [-0.05, 0) is 12.8 Å². The summed E-state index contributed by atoms with van der Waals surface area (Å²) in [6.45, 7) is 5.44. The van der Waals surface area contributed by atoms with Gasteiger partial charge in [-0.25, -0.2) is 0 Å². The summed E-state index contributed by atoms with van der Waals surface area (Å²) >= 11 is 0. The van der Waals surface area contributed by atoms with Gasteiger partial charge in [0.2, 0.25) is 0 Å². The van der Waals surface area contributed by atoms with Gasteiger partial charge < -0.3 is 9.28 Å². The van der Waals surface area contributed by atoms with Crippen molar-refractivity contribution in [2.45, 2.75) is 110 Å². The average molecular weight is 343 g/mol. The Morgan fingerprint density at radius 3 is 1.12 bits per heavy atom. The monoisotopic (exact) mass is 342 g/mol. The Labute approximate surface area is 154 Å². The first-order chi connectivity index (χ1) is 11.5. The van der Waals surface area contributed by atoms with Crippen LogP contribution in [0.5, 0.6) is 0 Å². The van der Waals surface area contributed by atoms with Crippen molar-refractivity contribution in [3.05, 3.63) is 0 Å². The Balaban J connectivity index is 0. The molecule has 0 rings (SSSR count). The summed E-state index contributed by atoms with van der Waals surface area (Å²) in [5.41, 5.74) is 0. The molecule has 0 bridgehead atoms. The number of rotatable bonds is 16. The minimum absolute atomic E-state index is 0.639. The number of quaternary nitrogens is 1. The van der Waals surface area contributed by atoms with Crippen LogP contribution in [0.15, 0.2) is 0 Å². The van der Waals surface area contributed by atoms with E-state index >= 15 is 0 Å². The number of carbonyl (C=O) groups is 1. The predicted octanol–water partition coefficient (Wildman–Crippen LogP) is 6.77. The van der Waals surface area contributed by atoms with Crippen LogP contribution in [-0.4, -0.2) is 38.5 Å². The maximum atomic E-state index is 9.17. The van der Waals surface area contributed by atoms with E-state index in [1.165, 1.54) is 96.4 Å². The first-order valence-electron chi connectivity index (χ1n) is 10.7. The zero-order chi connectivity index (χ0) is 18.5. The minimum Gasteiger partial charge on any atom is -0.331 e. The molecular weight excluding hydrogens is 294 g/mol. The number of nitrogens with zero attached hydrogens (tertiary/aromatic N) is 1. The molecule has 0 radical (unpaired) electrons. The number of hydrogen-bond donors (Lipinski definition) is 0. The molecule has 0 aromatic heterocycles. The molecule has 0 aliphatic heterocycles. The van der Waals surface area contributed by atoms with E-state index in [1.54, 1.807) is 0 Å². The van der Waals surface area contributed by atoms with Gasteiger partial charge in [0.25, 0.3) is 0 Å². The highest BCUT2D eigenvalue weighted by Gasteiger charge is 2.04. The molecule has 0 fully saturated rings. The van der Waals surface area contributed by atoms with E-state index in [0.29, 0.717) is 6.42 Å². The lowest BCUT2D eigenvalue weighted by Gasteiger charge is -2.23. The number of unbranched alkanes of at least 4 members (excludes halogenated alkanes) is 13. The molecule has 0 aliphatic carbocycles. The fourth-order valence-corrected chi connectivity index (χ4v) is 2.78. The molecule has 0 amide bonds. The molecule has 0 unspecified atom stereocenters. The van der Waals surface area contributed by atoms with E-state index in [9.17, 15) is 4.79 Å². The molecule has 0 atom stereocenters. The van der Waals surface area contributed by atoms with Crippen LogP contribution >= 0.6 is 0 Å². The van der Waals surface area contributed by atoms with Gasteiger partial charge in [-0.3, -0.25) is 0 Å².